The highest BCUT2D eigenvalue weighted by Gasteiger charge is 2.42. The first-order chi connectivity index (χ1) is 11.0. The first-order valence-electron chi connectivity index (χ1n) is 8.06. The first kappa shape index (κ1) is 15.8. The van der Waals surface area contributed by atoms with Crippen molar-refractivity contribution in [2.24, 2.45) is 11.0 Å². The Balaban J connectivity index is 1.91. The number of nitrogens with zero attached hydrogens (tertiary/aromatic N) is 2. The van der Waals surface area contributed by atoms with Crippen LogP contribution in [-0.4, -0.2) is 34.9 Å². The highest BCUT2D eigenvalue weighted by molar-refractivity contribution is 6.16. The molecular formula is C19H22N2O2. The van der Waals surface area contributed by atoms with E-state index in [0.717, 1.165) is 24.1 Å². The zero-order valence-electron chi connectivity index (χ0n) is 13.7. The topological polar surface area (TPSA) is 41.9 Å². The molecule has 2 aliphatic rings. The lowest BCUT2D eigenvalue weighted by Crippen LogP contribution is -2.45. The number of hydrogen-bond acceptors (Lipinski definition) is 3. The summed E-state index contributed by atoms with van der Waals surface area (Å²) in [5, 5.41) is 6.34. The summed E-state index contributed by atoms with van der Waals surface area (Å²) in [7, 11) is 0. The van der Waals surface area contributed by atoms with Crippen molar-refractivity contribution in [3.63, 3.8) is 0 Å². The SMILES string of the molecule is C#CC[C@H]1C(=O)N([C@@H]2CCOC(C)(C)C2)N=C1c1ccccc1. The van der Waals surface area contributed by atoms with Gasteiger partial charge >= 0.3 is 0 Å². The first-order valence-corrected chi connectivity index (χ1v) is 8.06. The van der Waals surface area contributed by atoms with Crippen LogP contribution in [0.15, 0.2) is 35.4 Å². The summed E-state index contributed by atoms with van der Waals surface area (Å²) < 4.78 is 5.76. The molecule has 1 fully saturated rings. The number of amides is 1. The summed E-state index contributed by atoms with van der Waals surface area (Å²) in [6.45, 7) is 4.76. The molecule has 0 unspecified atom stereocenters. The number of rotatable bonds is 3. The molecule has 0 aromatic heterocycles. The molecule has 0 aliphatic carbocycles. The van der Waals surface area contributed by atoms with Gasteiger partial charge in [-0.2, -0.15) is 5.10 Å². The van der Waals surface area contributed by atoms with Crippen LogP contribution in [0, 0.1) is 18.3 Å². The van der Waals surface area contributed by atoms with Gasteiger partial charge in [0.1, 0.15) is 0 Å². The number of hydrogen-bond donors (Lipinski definition) is 0. The third kappa shape index (κ3) is 3.16. The van der Waals surface area contributed by atoms with Crippen LogP contribution in [0.25, 0.3) is 0 Å². The van der Waals surface area contributed by atoms with Crippen LogP contribution in [0.2, 0.25) is 0 Å². The molecule has 2 heterocycles. The Labute approximate surface area is 137 Å². The van der Waals surface area contributed by atoms with Crippen molar-refractivity contribution < 1.29 is 9.53 Å². The van der Waals surface area contributed by atoms with Crippen molar-refractivity contribution in [1.82, 2.24) is 5.01 Å². The number of benzene rings is 1. The van der Waals surface area contributed by atoms with E-state index in [4.69, 9.17) is 11.2 Å². The molecule has 0 spiro atoms. The Hall–Kier alpha value is -2.12. The highest BCUT2D eigenvalue weighted by Crippen LogP contribution is 2.32. The highest BCUT2D eigenvalue weighted by atomic mass is 16.5. The molecule has 1 aromatic carbocycles. The fourth-order valence-corrected chi connectivity index (χ4v) is 3.35. The zero-order chi connectivity index (χ0) is 16.4. The van der Waals surface area contributed by atoms with E-state index in [1.165, 1.54) is 0 Å². The quantitative estimate of drug-likeness (QED) is 0.806. The van der Waals surface area contributed by atoms with E-state index in [0.29, 0.717) is 13.0 Å². The lowest BCUT2D eigenvalue weighted by atomic mass is 9.91. The van der Waals surface area contributed by atoms with E-state index in [1.54, 1.807) is 5.01 Å². The number of carbonyl (C=O) groups is 1. The molecule has 0 N–H and O–H groups in total. The maximum Gasteiger partial charge on any atom is 0.253 e. The summed E-state index contributed by atoms with van der Waals surface area (Å²) in [6.07, 6.45) is 7.46. The largest absolute Gasteiger partial charge is 0.375 e. The van der Waals surface area contributed by atoms with Crippen molar-refractivity contribution in [3.05, 3.63) is 35.9 Å². The fourth-order valence-electron chi connectivity index (χ4n) is 3.35. The van der Waals surface area contributed by atoms with Gasteiger partial charge in [-0.3, -0.25) is 4.79 Å². The van der Waals surface area contributed by atoms with Crippen LogP contribution in [-0.2, 0) is 9.53 Å². The normalized spacial score (nSPS) is 26.7. The van der Waals surface area contributed by atoms with Crippen molar-refractivity contribution in [2.75, 3.05) is 6.61 Å². The van der Waals surface area contributed by atoms with E-state index < -0.39 is 0 Å². The number of carbonyl (C=O) groups excluding carboxylic acids is 1. The Morgan fingerprint density at radius 3 is 2.78 bits per heavy atom. The van der Waals surface area contributed by atoms with Crippen LogP contribution in [0.5, 0.6) is 0 Å². The van der Waals surface area contributed by atoms with Gasteiger partial charge in [0.05, 0.1) is 23.3 Å². The molecule has 1 saturated heterocycles. The molecule has 3 rings (SSSR count). The number of hydrazone groups is 1. The standard InChI is InChI=1S/C19H22N2O2/c1-4-8-16-17(14-9-6-5-7-10-14)20-21(18(16)22)15-11-12-23-19(2,3)13-15/h1,5-7,9-10,15-16H,8,11-13H2,2-3H3/t15-,16-/m1/s1. The number of ether oxygens (including phenoxy) is 1. The molecule has 2 atom stereocenters. The molecule has 120 valence electrons. The molecule has 0 radical (unpaired) electrons. The Bertz CT molecular complexity index is 658. The fraction of sp³-hybridized carbons (Fsp3) is 0.474. The second-order valence-electron chi connectivity index (χ2n) is 6.75. The van der Waals surface area contributed by atoms with Crippen LogP contribution in [0.1, 0.15) is 38.7 Å². The second kappa shape index (κ2) is 6.17. The lowest BCUT2D eigenvalue weighted by molar-refractivity contribution is -0.140. The van der Waals surface area contributed by atoms with Crippen LogP contribution in [0.3, 0.4) is 0 Å². The average molecular weight is 310 g/mol. The average Bonchev–Trinajstić information content (AvgIpc) is 2.85. The molecule has 1 amide bonds. The minimum Gasteiger partial charge on any atom is -0.375 e. The van der Waals surface area contributed by atoms with Crippen LogP contribution in [0.4, 0.5) is 0 Å². The van der Waals surface area contributed by atoms with Gasteiger partial charge in [0.2, 0.25) is 0 Å². The Kier molecular flexibility index (Phi) is 4.23. The van der Waals surface area contributed by atoms with Crippen molar-refractivity contribution in [3.8, 4) is 12.3 Å². The van der Waals surface area contributed by atoms with Crippen LogP contribution >= 0.6 is 0 Å². The molecule has 0 bridgehead atoms. The van der Waals surface area contributed by atoms with Gasteiger partial charge in [0, 0.05) is 13.0 Å². The predicted molar refractivity (Wildman–Crippen MR) is 89.8 cm³/mol. The molecule has 1 aromatic rings. The predicted octanol–water partition coefficient (Wildman–Crippen LogP) is 2.83. The minimum absolute atomic E-state index is 0.0181. The van der Waals surface area contributed by atoms with Gasteiger partial charge in [-0.1, -0.05) is 30.3 Å². The van der Waals surface area contributed by atoms with E-state index in [2.05, 4.69) is 24.9 Å². The molecule has 0 saturated carbocycles. The smallest absolute Gasteiger partial charge is 0.253 e. The zero-order valence-corrected chi connectivity index (χ0v) is 13.7. The Morgan fingerprint density at radius 1 is 1.39 bits per heavy atom. The van der Waals surface area contributed by atoms with Gasteiger partial charge in [-0.05, 0) is 32.3 Å². The Morgan fingerprint density at radius 2 is 2.13 bits per heavy atom. The third-order valence-electron chi connectivity index (χ3n) is 4.48. The second-order valence-corrected chi connectivity index (χ2v) is 6.75. The summed E-state index contributed by atoms with van der Waals surface area (Å²) >= 11 is 0. The summed E-state index contributed by atoms with van der Waals surface area (Å²) in [5.74, 6) is 2.31. The molecule has 4 heteroatoms. The minimum atomic E-state index is -0.339. The van der Waals surface area contributed by atoms with E-state index >= 15 is 0 Å². The van der Waals surface area contributed by atoms with Gasteiger partial charge in [-0.15, -0.1) is 12.3 Å². The van der Waals surface area contributed by atoms with E-state index in [-0.39, 0.29) is 23.5 Å². The van der Waals surface area contributed by atoms with Crippen molar-refractivity contribution in [1.29, 1.82) is 0 Å². The molecule has 2 aliphatic heterocycles. The van der Waals surface area contributed by atoms with Crippen molar-refractivity contribution >= 4 is 11.6 Å². The van der Waals surface area contributed by atoms with Gasteiger partial charge in [0.25, 0.3) is 5.91 Å². The molecule has 23 heavy (non-hydrogen) atoms. The maximum atomic E-state index is 12.9. The number of terminal acetylenes is 1. The molecule has 4 nitrogen and oxygen atoms in total. The lowest BCUT2D eigenvalue weighted by Gasteiger charge is -2.38. The van der Waals surface area contributed by atoms with Crippen molar-refractivity contribution in [2.45, 2.75) is 44.8 Å². The summed E-state index contributed by atoms with van der Waals surface area (Å²) in [6, 6.07) is 9.90. The summed E-state index contributed by atoms with van der Waals surface area (Å²) in [5.41, 5.74) is 1.53. The maximum absolute atomic E-state index is 12.9. The van der Waals surface area contributed by atoms with Gasteiger partial charge < -0.3 is 4.74 Å². The van der Waals surface area contributed by atoms with Gasteiger partial charge in [0.15, 0.2) is 0 Å². The van der Waals surface area contributed by atoms with Crippen LogP contribution < -0.4 is 0 Å². The van der Waals surface area contributed by atoms with E-state index in [1.807, 2.05) is 30.3 Å². The molecular weight excluding hydrogens is 288 g/mol. The third-order valence-corrected chi connectivity index (χ3v) is 4.48. The monoisotopic (exact) mass is 310 g/mol. The summed E-state index contributed by atoms with van der Waals surface area (Å²) in [4.78, 5) is 12.9. The van der Waals surface area contributed by atoms with E-state index in [9.17, 15) is 4.79 Å². The van der Waals surface area contributed by atoms with Gasteiger partial charge in [-0.25, -0.2) is 5.01 Å².